The molecule has 0 amide bonds. The van der Waals surface area contributed by atoms with Crippen LogP contribution < -0.4 is 4.90 Å². The zero-order chi connectivity index (χ0) is 17.2. The molecule has 1 aliphatic heterocycles. The van der Waals surface area contributed by atoms with E-state index in [1.807, 2.05) is 29.5 Å². The number of rotatable bonds is 4. The predicted molar refractivity (Wildman–Crippen MR) is 111 cm³/mol. The summed E-state index contributed by atoms with van der Waals surface area (Å²) in [5, 5.41) is 1.89. The lowest BCUT2D eigenvalue weighted by Gasteiger charge is -2.20. The van der Waals surface area contributed by atoms with Crippen LogP contribution in [0.4, 0.5) is 5.13 Å². The first-order valence-corrected chi connectivity index (χ1v) is 10.9. The van der Waals surface area contributed by atoms with Gasteiger partial charge in [0.15, 0.2) is 5.13 Å². The third-order valence-electron chi connectivity index (χ3n) is 4.43. The summed E-state index contributed by atoms with van der Waals surface area (Å²) in [6.07, 6.45) is 1.16. The highest BCUT2D eigenvalue weighted by Gasteiger charge is 2.18. The number of thiazole rings is 1. The Hall–Kier alpha value is -0.850. The number of anilines is 1. The molecule has 0 aliphatic carbocycles. The Morgan fingerprint density at radius 3 is 2.72 bits per heavy atom. The minimum atomic E-state index is 0.611. The van der Waals surface area contributed by atoms with Crippen molar-refractivity contribution in [2.24, 2.45) is 0 Å². The van der Waals surface area contributed by atoms with E-state index in [1.54, 1.807) is 11.3 Å². The van der Waals surface area contributed by atoms with Gasteiger partial charge in [-0.15, -0.1) is 22.9 Å². The Balaban J connectivity index is 1.43. The van der Waals surface area contributed by atoms with Gasteiger partial charge in [-0.3, -0.25) is 4.90 Å². The van der Waals surface area contributed by atoms with Crippen LogP contribution in [-0.2, 0) is 12.4 Å². The molecule has 1 aliphatic rings. The van der Waals surface area contributed by atoms with Crippen molar-refractivity contribution in [3.05, 3.63) is 45.1 Å². The van der Waals surface area contributed by atoms with Gasteiger partial charge in [-0.25, -0.2) is 4.98 Å². The summed E-state index contributed by atoms with van der Waals surface area (Å²) in [5.74, 6) is 0.611. The lowest BCUT2D eigenvalue weighted by molar-refractivity contribution is 0.288. The molecule has 1 aromatic carbocycles. The van der Waals surface area contributed by atoms with Crippen LogP contribution in [0.25, 0.3) is 10.2 Å². The zero-order valence-corrected chi connectivity index (χ0v) is 16.9. The van der Waals surface area contributed by atoms with Gasteiger partial charge < -0.3 is 4.90 Å². The third-order valence-corrected chi connectivity index (χ3v) is 7.26. The van der Waals surface area contributed by atoms with Crippen LogP contribution in [0.1, 0.15) is 16.2 Å². The second-order valence-electron chi connectivity index (χ2n) is 6.23. The van der Waals surface area contributed by atoms with E-state index in [9.17, 15) is 0 Å². The number of benzene rings is 1. The second-order valence-corrected chi connectivity index (χ2v) is 9.19. The maximum Gasteiger partial charge on any atom is 0.186 e. The van der Waals surface area contributed by atoms with Crippen molar-refractivity contribution in [2.45, 2.75) is 18.8 Å². The van der Waals surface area contributed by atoms with E-state index in [4.69, 9.17) is 28.2 Å². The molecule has 1 saturated heterocycles. The fourth-order valence-electron chi connectivity index (χ4n) is 3.14. The average Bonchev–Trinajstić information content (AvgIpc) is 3.16. The van der Waals surface area contributed by atoms with Crippen molar-refractivity contribution in [1.82, 2.24) is 9.88 Å². The molecule has 25 heavy (non-hydrogen) atoms. The van der Waals surface area contributed by atoms with Crippen LogP contribution in [0.15, 0.2) is 30.3 Å². The molecule has 3 heterocycles. The molecule has 0 radical (unpaired) electrons. The third kappa shape index (κ3) is 4.12. The van der Waals surface area contributed by atoms with Gasteiger partial charge in [0.25, 0.3) is 0 Å². The maximum absolute atomic E-state index is 6.10. The van der Waals surface area contributed by atoms with Gasteiger partial charge in [0, 0.05) is 47.5 Å². The minimum Gasteiger partial charge on any atom is -0.347 e. The number of fused-ring (bicyclic) bond motifs is 1. The molecule has 3 aromatic rings. The number of hydrogen-bond acceptors (Lipinski definition) is 5. The second kappa shape index (κ2) is 7.80. The molecule has 0 unspecified atom stereocenters. The van der Waals surface area contributed by atoms with Crippen molar-refractivity contribution in [3.63, 3.8) is 0 Å². The summed E-state index contributed by atoms with van der Waals surface area (Å²) in [7, 11) is 0. The van der Waals surface area contributed by atoms with Crippen LogP contribution >= 0.6 is 45.9 Å². The molecule has 7 heteroatoms. The van der Waals surface area contributed by atoms with Crippen LogP contribution in [0.3, 0.4) is 0 Å². The van der Waals surface area contributed by atoms with Gasteiger partial charge in [-0.05, 0) is 36.8 Å². The molecule has 0 atom stereocenters. The van der Waals surface area contributed by atoms with Crippen molar-refractivity contribution in [3.8, 4) is 0 Å². The molecule has 1 fully saturated rings. The Bertz CT molecular complexity index is 861. The standard InChI is InChI=1S/C18H19Cl2N3S2/c19-11-14-3-4-15(24-14)12-22-6-1-7-23(9-8-22)18-21-16-5-2-13(20)10-17(16)25-18/h2-5,10H,1,6-9,11-12H2. The van der Waals surface area contributed by atoms with Crippen LogP contribution in [0.2, 0.25) is 5.02 Å². The van der Waals surface area contributed by atoms with Crippen molar-refractivity contribution < 1.29 is 0 Å². The molecular formula is C18H19Cl2N3S2. The van der Waals surface area contributed by atoms with Crippen LogP contribution in [0, 0.1) is 0 Å². The normalized spacial score (nSPS) is 16.5. The fourth-order valence-corrected chi connectivity index (χ4v) is 5.60. The average molecular weight is 412 g/mol. The summed E-state index contributed by atoms with van der Waals surface area (Å²) in [6.45, 7) is 5.28. The number of halogens is 2. The lowest BCUT2D eigenvalue weighted by Crippen LogP contribution is -2.30. The fraction of sp³-hybridized carbons (Fsp3) is 0.389. The predicted octanol–water partition coefficient (Wildman–Crippen LogP) is 5.46. The summed E-state index contributed by atoms with van der Waals surface area (Å²) < 4.78 is 1.16. The Morgan fingerprint density at radius 2 is 1.88 bits per heavy atom. The van der Waals surface area contributed by atoms with Gasteiger partial charge >= 0.3 is 0 Å². The topological polar surface area (TPSA) is 19.4 Å². The molecule has 0 N–H and O–H groups in total. The number of nitrogens with zero attached hydrogens (tertiary/aromatic N) is 3. The molecule has 2 aromatic heterocycles. The molecule has 0 spiro atoms. The molecular weight excluding hydrogens is 393 g/mol. The SMILES string of the molecule is ClCc1ccc(CN2CCCN(c3nc4ccc(Cl)cc4s3)CC2)s1. The largest absolute Gasteiger partial charge is 0.347 e. The zero-order valence-electron chi connectivity index (χ0n) is 13.8. The van der Waals surface area contributed by atoms with E-state index >= 15 is 0 Å². The highest BCUT2D eigenvalue weighted by atomic mass is 35.5. The Morgan fingerprint density at radius 1 is 1.00 bits per heavy atom. The van der Waals surface area contributed by atoms with E-state index < -0.39 is 0 Å². The van der Waals surface area contributed by atoms with E-state index in [0.29, 0.717) is 5.88 Å². The Kier molecular flexibility index (Phi) is 5.48. The molecule has 0 saturated carbocycles. The molecule has 0 bridgehead atoms. The summed E-state index contributed by atoms with van der Waals surface area (Å²) in [5.41, 5.74) is 1.04. The number of thiophene rings is 1. The number of hydrogen-bond donors (Lipinski definition) is 0. The summed E-state index contributed by atoms with van der Waals surface area (Å²) in [6, 6.07) is 10.3. The first-order chi connectivity index (χ1) is 12.2. The van der Waals surface area contributed by atoms with Crippen molar-refractivity contribution in [1.29, 1.82) is 0 Å². The highest BCUT2D eigenvalue weighted by molar-refractivity contribution is 7.22. The van der Waals surface area contributed by atoms with E-state index in [-0.39, 0.29) is 0 Å². The first-order valence-electron chi connectivity index (χ1n) is 8.38. The van der Waals surface area contributed by atoms with Crippen LogP contribution in [-0.4, -0.2) is 36.1 Å². The van der Waals surface area contributed by atoms with Gasteiger partial charge in [0.05, 0.1) is 16.1 Å². The van der Waals surface area contributed by atoms with E-state index in [0.717, 1.165) is 59.5 Å². The minimum absolute atomic E-state index is 0.611. The van der Waals surface area contributed by atoms with E-state index in [2.05, 4.69) is 21.9 Å². The van der Waals surface area contributed by atoms with Gasteiger partial charge in [-0.2, -0.15) is 0 Å². The van der Waals surface area contributed by atoms with Crippen molar-refractivity contribution in [2.75, 3.05) is 31.1 Å². The molecule has 4 rings (SSSR count). The monoisotopic (exact) mass is 411 g/mol. The first kappa shape index (κ1) is 17.6. The molecule has 132 valence electrons. The van der Waals surface area contributed by atoms with Gasteiger partial charge in [0.2, 0.25) is 0 Å². The lowest BCUT2D eigenvalue weighted by atomic mass is 10.3. The molecule has 3 nitrogen and oxygen atoms in total. The quantitative estimate of drug-likeness (QED) is 0.531. The Labute approximate surface area is 165 Å². The summed E-state index contributed by atoms with van der Waals surface area (Å²) >= 11 is 15.6. The van der Waals surface area contributed by atoms with Gasteiger partial charge in [-0.1, -0.05) is 22.9 Å². The summed E-state index contributed by atoms with van der Waals surface area (Å²) in [4.78, 5) is 12.4. The van der Waals surface area contributed by atoms with Crippen molar-refractivity contribution >= 4 is 61.2 Å². The van der Waals surface area contributed by atoms with E-state index in [1.165, 1.54) is 9.75 Å². The number of aromatic nitrogens is 1. The van der Waals surface area contributed by atoms with Crippen LogP contribution in [0.5, 0.6) is 0 Å². The van der Waals surface area contributed by atoms with Gasteiger partial charge in [0.1, 0.15) is 0 Å². The smallest absolute Gasteiger partial charge is 0.186 e. The number of alkyl halides is 1. The maximum atomic E-state index is 6.10. The highest BCUT2D eigenvalue weighted by Crippen LogP contribution is 2.31.